The predicted octanol–water partition coefficient (Wildman–Crippen LogP) is 3.05. The highest BCUT2D eigenvalue weighted by atomic mass is 32.1. The van der Waals surface area contributed by atoms with Gasteiger partial charge in [0.05, 0.1) is 0 Å². The minimum Gasteiger partial charge on any atom is -0.382 e. The summed E-state index contributed by atoms with van der Waals surface area (Å²) in [5, 5.41) is 6.65. The van der Waals surface area contributed by atoms with Crippen molar-refractivity contribution in [3.63, 3.8) is 0 Å². The van der Waals surface area contributed by atoms with E-state index in [1.54, 1.807) is 0 Å². The molecule has 0 spiro atoms. The molecule has 1 aromatic carbocycles. The van der Waals surface area contributed by atoms with E-state index in [2.05, 4.69) is 29.5 Å². The number of rotatable bonds is 5. The van der Waals surface area contributed by atoms with Gasteiger partial charge in [-0.25, -0.2) is 4.98 Å². The number of anilines is 3. The van der Waals surface area contributed by atoms with Crippen molar-refractivity contribution < 1.29 is 4.79 Å². The number of hydrogen-bond donors (Lipinski definition) is 3. The predicted molar refractivity (Wildman–Crippen MR) is 84.2 cm³/mol. The molecular formula is C14H18N4OS. The molecule has 2 aromatic rings. The molecule has 1 aromatic heterocycles. The summed E-state index contributed by atoms with van der Waals surface area (Å²) in [6.07, 6.45) is 0. The van der Waals surface area contributed by atoms with Crippen LogP contribution in [0.25, 0.3) is 0 Å². The molecule has 0 atom stereocenters. The summed E-state index contributed by atoms with van der Waals surface area (Å²) in [7, 11) is 0. The lowest BCUT2D eigenvalue weighted by Crippen LogP contribution is -2.11. The van der Waals surface area contributed by atoms with Crippen molar-refractivity contribution >= 4 is 33.9 Å². The Kier molecular flexibility index (Phi) is 4.57. The fraction of sp³-hybridized carbons (Fsp3) is 0.286. The lowest BCUT2D eigenvalue weighted by atomic mass is 10.2. The summed E-state index contributed by atoms with van der Waals surface area (Å²) in [5.74, 6) is 0.528. The largest absolute Gasteiger partial charge is 0.382 e. The Hall–Kier alpha value is -2.08. The number of nitrogen functional groups attached to an aromatic ring is 1. The van der Waals surface area contributed by atoms with Crippen LogP contribution in [0.2, 0.25) is 0 Å². The first-order valence-corrected chi connectivity index (χ1v) is 7.24. The van der Waals surface area contributed by atoms with Crippen molar-refractivity contribution in [2.75, 3.05) is 22.9 Å². The van der Waals surface area contributed by atoms with Crippen LogP contribution in [0, 0.1) is 5.92 Å². The van der Waals surface area contributed by atoms with E-state index in [9.17, 15) is 4.79 Å². The monoisotopic (exact) mass is 290 g/mol. The average Bonchev–Trinajstić information content (AvgIpc) is 2.79. The van der Waals surface area contributed by atoms with Crippen molar-refractivity contribution in [3.05, 3.63) is 35.2 Å². The molecule has 6 heteroatoms. The smallest absolute Gasteiger partial charge is 0.269 e. The van der Waals surface area contributed by atoms with Gasteiger partial charge >= 0.3 is 0 Å². The van der Waals surface area contributed by atoms with Gasteiger partial charge in [-0.05, 0) is 18.1 Å². The number of carbonyl (C=O) groups excluding carboxylic acids is 1. The molecule has 20 heavy (non-hydrogen) atoms. The van der Waals surface area contributed by atoms with Crippen LogP contribution in [-0.4, -0.2) is 17.4 Å². The second-order valence-corrected chi connectivity index (χ2v) is 5.83. The van der Waals surface area contributed by atoms with Gasteiger partial charge in [-0.3, -0.25) is 4.79 Å². The first-order chi connectivity index (χ1) is 9.56. The van der Waals surface area contributed by atoms with Crippen LogP contribution < -0.4 is 16.4 Å². The van der Waals surface area contributed by atoms with Gasteiger partial charge < -0.3 is 16.4 Å². The Balaban J connectivity index is 2.06. The minimum atomic E-state index is -0.233. The third-order valence-corrected chi connectivity index (χ3v) is 3.58. The van der Waals surface area contributed by atoms with Gasteiger partial charge in [0.25, 0.3) is 5.91 Å². The highest BCUT2D eigenvalue weighted by molar-refractivity contribution is 7.18. The van der Waals surface area contributed by atoms with Crippen LogP contribution in [-0.2, 0) is 0 Å². The maximum absolute atomic E-state index is 12.1. The number of benzene rings is 1. The molecule has 0 fully saturated rings. The van der Waals surface area contributed by atoms with Gasteiger partial charge in [0.15, 0.2) is 5.13 Å². The molecule has 0 saturated heterocycles. The number of nitrogens with one attached hydrogen (secondary N) is 2. The zero-order chi connectivity index (χ0) is 14.5. The maximum Gasteiger partial charge on any atom is 0.269 e. The number of nitrogens with zero attached hydrogens (tertiary/aromatic N) is 1. The molecule has 0 radical (unpaired) electrons. The van der Waals surface area contributed by atoms with Crippen molar-refractivity contribution in [1.82, 2.24) is 4.98 Å². The van der Waals surface area contributed by atoms with E-state index in [0.717, 1.165) is 12.2 Å². The molecule has 5 nitrogen and oxygen atoms in total. The summed E-state index contributed by atoms with van der Waals surface area (Å²) in [4.78, 5) is 16.7. The maximum atomic E-state index is 12.1. The molecular weight excluding hydrogens is 272 g/mol. The van der Waals surface area contributed by atoms with Crippen molar-refractivity contribution in [2.45, 2.75) is 13.8 Å². The van der Waals surface area contributed by atoms with Gasteiger partial charge in [-0.2, -0.15) is 0 Å². The minimum absolute atomic E-state index is 0.233. The summed E-state index contributed by atoms with van der Waals surface area (Å²) in [5.41, 5.74) is 6.54. The second kappa shape index (κ2) is 6.38. The molecule has 1 heterocycles. The fourth-order valence-electron chi connectivity index (χ4n) is 1.57. The molecule has 0 aliphatic carbocycles. The van der Waals surface area contributed by atoms with Crippen LogP contribution in [0.15, 0.2) is 30.3 Å². The molecule has 106 valence electrons. The summed E-state index contributed by atoms with van der Waals surface area (Å²) in [6, 6.07) is 9.27. The first kappa shape index (κ1) is 14.3. The zero-order valence-electron chi connectivity index (χ0n) is 11.5. The zero-order valence-corrected chi connectivity index (χ0v) is 12.3. The number of nitrogens with two attached hydrogens (primary N) is 1. The standard InChI is InChI=1S/C14H18N4OS/c1-9(2)8-16-14-18-12(15)11(20-14)13(19)17-10-6-4-3-5-7-10/h3-7,9H,8,15H2,1-2H3,(H,16,18)(H,17,19). The highest BCUT2D eigenvalue weighted by Gasteiger charge is 2.16. The number of amides is 1. The van der Waals surface area contributed by atoms with Crippen LogP contribution in [0.4, 0.5) is 16.6 Å². The number of hydrogen-bond acceptors (Lipinski definition) is 5. The quantitative estimate of drug-likeness (QED) is 0.790. The van der Waals surface area contributed by atoms with E-state index in [-0.39, 0.29) is 11.7 Å². The molecule has 0 aliphatic rings. The second-order valence-electron chi connectivity index (χ2n) is 4.83. The van der Waals surface area contributed by atoms with Crippen molar-refractivity contribution in [1.29, 1.82) is 0 Å². The van der Waals surface area contributed by atoms with Gasteiger partial charge in [-0.15, -0.1) is 0 Å². The normalized spacial score (nSPS) is 10.6. The van der Waals surface area contributed by atoms with E-state index in [4.69, 9.17) is 5.73 Å². The SMILES string of the molecule is CC(C)CNc1nc(N)c(C(=O)Nc2ccccc2)s1. The van der Waals surface area contributed by atoms with Crippen LogP contribution in [0.5, 0.6) is 0 Å². The van der Waals surface area contributed by atoms with Gasteiger partial charge in [0.2, 0.25) is 0 Å². The Morgan fingerprint density at radius 1 is 1.35 bits per heavy atom. The highest BCUT2D eigenvalue weighted by Crippen LogP contribution is 2.26. The Bertz CT molecular complexity index is 580. The van der Waals surface area contributed by atoms with Gasteiger partial charge in [0, 0.05) is 12.2 Å². The lowest BCUT2D eigenvalue weighted by Gasteiger charge is -2.04. The number of aromatic nitrogens is 1. The van der Waals surface area contributed by atoms with Crippen LogP contribution in [0.3, 0.4) is 0 Å². The molecule has 0 aliphatic heterocycles. The molecule has 0 saturated carbocycles. The topological polar surface area (TPSA) is 80.0 Å². The number of thiazole rings is 1. The van der Waals surface area contributed by atoms with Gasteiger partial charge in [-0.1, -0.05) is 43.4 Å². The van der Waals surface area contributed by atoms with Crippen molar-refractivity contribution in [2.24, 2.45) is 5.92 Å². The van der Waals surface area contributed by atoms with E-state index in [1.807, 2.05) is 30.3 Å². The van der Waals surface area contributed by atoms with E-state index in [0.29, 0.717) is 15.9 Å². The summed E-state index contributed by atoms with van der Waals surface area (Å²) in [6.45, 7) is 5.01. The Labute approximate surface area is 122 Å². The fourth-order valence-corrected chi connectivity index (χ4v) is 2.36. The number of carbonyl (C=O) groups is 1. The van der Waals surface area contributed by atoms with E-state index >= 15 is 0 Å². The molecule has 0 unspecified atom stereocenters. The summed E-state index contributed by atoms with van der Waals surface area (Å²) >= 11 is 1.27. The molecule has 0 bridgehead atoms. The molecule has 1 amide bonds. The Morgan fingerprint density at radius 2 is 2.05 bits per heavy atom. The Morgan fingerprint density at radius 3 is 2.70 bits per heavy atom. The van der Waals surface area contributed by atoms with E-state index < -0.39 is 0 Å². The molecule has 2 rings (SSSR count). The molecule has 4 N–H and O–H groups in total. The first-order valence-electron chi connectivity index (χ1n) is 6.43. The summed E-state index contributed by atoms with van der Waals surface area (Å²) < 4.78 is 0. The number of para-hydroxylation sites is 1. The third-order valence-electron chi connectivity index (χ3n) is 2.55. The lowest BCUT2D eigenvalue weighted by molar-refractivity contribution is 0.103. The van der Waals surface area contributed by atoms with Gasteiger partial charge in [0.1, 0.15) is 10.7 Å². The van der Waals surface area contributed by atoms with Crippen molar-refractivity contribution in [3.8, 4) is 0 Å². The van der Waals surface area contributed by atoms with Crippen LogP contribution in [0.1, 0.15) is 23.5 Å². The van der Waals surface area contributed by atoms with E-state index in [1.165, 1.54) is 11.3 Å². The van der Waals surface area contributed by atoms with Crippen LogP contribution >= 0.6 is 11.3 Å². The average molecular weight is 290 g/mol. The third kappa shape index (κ3) is 3.71.